The zero-order valence-corrected chi connectivity index (χ0v) is 18.7. The van der Waals surface area contributed by atoms with Crippen molar-refractivity contribution in [3.05, 3.63) is 88.3 Å². The van der Waals surface area contributed by atoms with Gasteiger partial charge in [-0.3, -0.25) is 9.59 Å². The van der Waals surface area contributed by atoms with Crippen molar-refractivity contribution in [3.8, 4) is 11.5 Å². The highest BCUT2D eigenvalue weighted by molar-refractivity contribution is 6.46. The maximum absolute atomic E-state index is 13.1. The van der Waals surface area contributed by atoms with E-state index in [1.807, 2.05) is 13.8 Å². The number of carbonyl (C=O) groups excluding carboxylic acids is 2. The molecular formula is C25H22ClNO6. The summed E-state index contributed by atoms with van der Waals surface area (Å²) in [6.45, 7) is 3.81. The third-order valence-electron chi connectivity index (χ3n) is 5.23. The van der Waals surface area contributed by atoms with Crippen LogP contribution in [-0.4, -0.2) is 32.9 Å². The van der Waals surface area contributed by atoms with Gasteiger partial charge in [0.2, 0.25) is 0 Å². The molecule has 170 valence electrons. The third-order valence-corrected chi connectivity index (χ3v) is 5.54. The maximum Gasteiger partial charge on any atom is 0.296 e. The number of hydrogen-bond donors (Lipinski definition) is 2. The van der Waals surface area contributed by atoms with Gasteiger partial charge in [0.1, 0.15) is 23.0 Å². The molecule has 8 heteroatoms. The number of aliphatic hydroxyl groups is 1. The molecule has 2 N–H and O–H groups in total. The number of furan rings is 1. The number of aromatic hydroxyl groups is 1. The first-order valence-corrected chi connectivity index (χ1v) is 10.7. The van der Waals surface area contributed by atoms with E-state index in [0.717, 1.165) is 0 Å². The minimum Gasteiger partial charge on any atom is -0.507 e. The number of carbonyl (C=O) groups is 2. The fraction of sp³-hybridized carbons (Fsp3) is 0.200. The summed E-state index contributed by atoms with van der Waals surface area (Å²) in [5, 5.41) is 21.0. The highest BCUT2D eigenvalue weighted by Gasteiger charge is 2.46. The lowest BCUT2D eigenvalue weighted by Crippen LogP contribution is -2.29. The summed E-state index contributed by atoms with van der Waals surface area (Å²) in [6.07, 6.45) is 1.45. The number of aliphatic hydroxyl groups excluding tert-OH is 1. The average molecular weight is 468 g/mol. The van der Waals surface area contributed by atoms with Gasteiger partial charge in [0.05, 0.1) is 35.5 Å². The monoisotopic (exact) mass is 467 g/mol. The Bertz CT molecular complexity index is 1210. The fourth-order valence-corrected chi connectivity index (χ4v) is 3.96. The predicted octanol–water partition coefficient (Wildman–Crippen LogP) is 5.05. The molecule has 1 atom stereocenters. The van der Waals surface area contributed by atoms with Gasteiger partial charge in [-0.25, -0.2) is 0 Å². The Morgan fingerprint density at radius 1 is 1.15 bits per heavy atom. The Labute approximate surface area is 195 Å². The molecule has 0 aliphatic carbocycles. The molecule has 1 amide bonds. The molecule has 1 unspecified atom stereocenters. The van der Waals surface area contributed by atoms with Crippen LogP contribution in [0.15, 0.2) is 70.9 Å². The number of likely N-dealkylation sites (tertiary alicyclic amines) is 1. The van der Waals surface area contributed by atoms with Crippen LogP contribution in [0.3, 0.4) is 0 Å². The molecule has 2 aromatic carbocycles. The Balaban J connectivity index is 1.82. The van der Waals surface area contributed by atoms with Crippen LogP contribution in [0.1, 0.15) is 36.8 Å². The largest absolute Gasteiger partial charge is 0.507 e. The van der Waals surface area contributed by atoms with E-state index in [2.05, 4.69) is 0 Å². The van der Waals surface area contributed by atoms with Gasteiger partial charge in [-0.1, -0.05) is 17.7 Å². The highest BCUT2D eigenvalue weighted by atomic mass is 35.5. The van der Waals surface area contributed by atoms with Gasteiger partial charge in [0.15, 0.2) is 0 Å². The first-order chi connectivity index (χ1) is 15.8. The van der Waals surface area contributed by atoms with Crippen molar-refractivity contribution in [2.24, 2.45) is 0 Å². The Morgan fingerprint density at radius 3 is 2.48 bits per heavy atom. The van der Waals surface area contributed by atoms with Crippen molar-refractivity contribution >= 4 is 29.1 Å². The minimum atomic E-state index is -0.931. The molecule has 1 fully saturated rings. The van der Waals surface area contributed by atoms with Crippen molar-refractivity contribution in [2.45, 2.75) is 32.5 Å². The summed E-state index contributed by atoms with van der Waals surface area (Å²) in [5.41, 5.74) is 0.743. The number of amides is 1. The van der Waals surface area contributed by atoms with Crippen LogP contribution < -0.4 is 4.74 Å². The Kier molecular flexibility index (Phi) is 6.16. The van der Waals surface area contributed by atoms with Gasteiger partial charge in [0.25, 0.3) is 11.7 Å². The molecule has 7 nitrogen and oxygen atoms in total. The molecular weight excluding hydrogens is 446 g/mol. The maximum atomic E-state index is 13.1. The topological polar surface area (TPSA) is 100 Å². The number of ether oxygens (including phenoxy) is 1. The Morgan fingerprint density at radius 2 is 1.88 bits per heavy atom. The quantitative estimate of drug-likeness (QED) is 0.299. The molecule has 1 aliphatic rings. The van der Waals surface area contributed by atoms with Crippen molar-refractivity contribution in [2.75, 3.05) is 0 Å². The lowest BCUT2D eigenvalue weighted by atomic mass is 9.95. The number of phenolic OH excluding ortho intramolecular Hbond substituents is 1. The van der Waals surface area contributed by atoms with Gasteiger partial charge in [-0.15, -0.1) is 0 Å². The van der Waals surface area contributed by atoms with E-state index in [0.29, 0.717) is 22.6 Å². The highest BCUT2D eigenvalue weighted by Crippen LogP contribution is 2.42. The SMILES string of the molecule is CC(C)Oc1ccc(/C(O)=C2/C(=O)C(=O)N(Cc3ccco3)C2c2ccc(O)c(Cl)c2)cc1. The first-order valence-electron chi connectivity index (χ1n) is 10.3. The molecule has 4 rings (SSSR count). The molecule has 1 saturated heterocycles. The van der Waals surface area contributed by atoms with E-state index in [9.17, 15) is 19.8 Å². The van der Waals surface area contributed by atoms with Gasteiger partial charge in [-0.05, 0) is 67.9 Å². The zero-order valence-electron chi connectivity index (χ0n) is 18.0. The lowest BCUT2D eigenvalue weighted by molar-refractivity contribution is -0.140. The first kappa shape index (κ1) is 22.5. The molecule has 1 aromatic heterocycles. The smallest absolute Gasteiger partial charge is 0.296 e. The second kappa shape index (κ2) is 9.03. The van der Waals surface area contributed by atoms with Crippen LogP contribution in [-0.2, 0) is 16.1 Å². The van der Waals surface area contributed by atoms with Crippen LogP contribution in [0.5, 0.6) is 11.5 Å². The minimum absolute atomic E-state index is 0.0126. The molecule has 0 spiro atoms. The van der Waals surface area contributed by atoms with Crippen LogP contribution in [0.25, 0.3) is 5.76 Å². The standard InChI is InChI=1S/C25H22ClNO6/c1-14(2)33-17-8-5-15(6-9-17)23(29)21-22(16-7-10-20(28)19(26)12-16)27(25(31)24(21)30)13-18-4-3-11-32-18/h3-12,14,22,28-29H,13H2,1-2H3/b23-21-. The predicted molar refractivity (Wildman–Crippen MR) is 122 cm³/mol. The van der Waals surface area contributed by atoms with Gasteiger partial charge < -0.3 is 24.3 Å². The number of hydrogen-bond acceptors (Lipinski definition) is 6. The molecule has 1 aliphatic heterocycles. The fourth-order valence-electron chi connectivity index (χ4n) is 3.77. The summed E-state index contributed by atoms with van der Waals surface area (Å²) >= 11 is 6.11. The normalized spacial score (nSPS) is 17.7. The number of ketones is 1. The second-order valence-electron chi connectivity index (χ2n) is 7.91. The van der Waals surface area contributed by atoms with E-state index >= 15 is 0 Å². The van der Waals surface area contributed by atoms with E-state index < -0.39 is 17.7 Å². The van der Waals surface area contributed by atoms with Crippen molar-refractivity contribution in [1.82, 2.24) is 4.90 Å². The lowest BCUT2D eigenvalue weighted by Gasteiger charge is -2.24. The van der Waals surface area contributed by atoms with Crippen molar-refractivity contribution < 1.29 is 29.0 Å². The van der Waals surface area contributed by atoms with Gasteiger partial charge in [0, 0.05) is 5.56 Å². The molecule has 3 aromatic rings. The zero-order chi connectivity index (χ0) is 23.7. The molecule has 2 heterocycles. The van der Waals surface area contributed by atoms with E-state index in [1.54, 1.807) is 42.5 Å². The molecule has 0 saturated carbocycles. The average Bonchev–Trinajstić information content (AvgIpc) is 3.38. The number of nitrogens with zero attached hydrogens (tertiary/aromatic N) is 1. The molecule has 33 heavy (non-hydrogen) atoms. The molecule has 0 bridgehead atoms. The summed E-state index contributed by atoms with van der Waals surface area (Å²) < 4.78 is 11.0. The summed E-state index contributed by atoms with van der Waals surface area (Å²) in [7, 11) is 0. The number of benzene rings is 2. The number of phenols is 1. The number of Topliss-reactive ketones (excluding diaryl/α,β-unsaturated/α-hetero) is 1. The number of halogens is 1. The molecule has 0 radical (unpaired) electrons. The third kappa shape index (κ3) is 4.45. The van der Waals surface area contributed by atoms with Gasteiger partial charge in [-0.2, -0.15) is 0 Å². The van der Waals surface area contributed by atoms with Crippen LogP contribution in [0.4, 0.5) is 0 Å². The van der Waals surface area contributed by atoms with Crippen molar-refractivity contribution in [1.29, 1.82) is 0 Å². The second-order valence-corrected chi connectivity index (χ2v) is 8.32. The van der Waals surface area contributed by atoms with Crippen molar-refractivity contribution in [3.63, 3.8) is 0 Å². The summed E-state index contributed by atoms with van der Waals surface area (Å²) in [6, 6.07) is 13.4. The van der Waals surface area contributed by atoms with Crippen LogP contribution >= 0.6 is 11.6 Å². The Hall–Kier alpha value is -3.71. The summed E-state index contributed by atoms with van der Waals surface area (Å²) in [4.78, 5) is 27.3. The van der Waals surface area contributed by atoms with Crippen LogP contribution in [0.2, 0.25) is 5.02 Å². The van der Waals surface area contributed by atoms with Gasteiger partial charge >= 0.3 is 0 Å². The van der Waals surface area contributed by atoms with E-state index in [1.165, 1.54) is 23.3 Å². The van der Waals surface area contributed by atoms with E-state index in [4.69, 9.17) is 20.8 Å². The van der Waals surface area contributed by atoms with E-state index in [-0.39, 0.29) is 34.8 Å². The van der Waals surface area contributed by atoms with Crippen LogP contribution in [0, 0.1) is 0 Å². The summed E-state index contributed by atoms with van der Waals surface area (Å²) in [5.74, 6) is -0.967. The number of rotatable bonds is 6.